The van der Waals surface area contributed by atoms with Crippen LogP contribution in [0.2, 0.25) is 0 Å². The molecule has 1 fully saturated rings. The second kappa shape index (κ2) is 11.4. The lowest BCUT2D eigenvalue weighted by molar-refractivity contribution is -0.132. The van der Waals surface area contributed by atoms with Crippen molar-refractivity contribution in [2.24, 2.45) is 5.92 Å². The van der Waals surface area contributed by atoms with E-state index in [9.17, 15) is 14.7 Å². The number of carbonyl (C=O) groups excluding carboxylic acids is 2. The predicted octanol–water partition coefficient (Wildman–Crippen LogP) is 6.14. The highest BCUT2D eigenvalue weighted by Crippen LogP contribution is 2.43. The first-order valence-electron chi connectivity index (χ1n) is 12.6. The van der Waals surface area contributed by atoms with E-state index in [2.05, 4.69) is 13.8 Å². The molecular weight excluding hydrogens is 482 g/mol. The van der Waals surface area contributed by atoms with Crippen LogP contribution in [0.15, 0.2) is 78.4 Å². The highest BCUT2D eigenvalue weighted by atomic mass is 16.5. The monoisotopic (exact) mass is 515 g/mol. The summed E-state index contributed by atoms with van der Waals surface area (Å²) in [6, 6.07) is 20.1. The van der Waals surface area contributed by atoms with Gasteiger partial charge < -0.3 is 19.3 Å². The number of rotatable bonds is 9. The molecule has 1 amide bonds. The zero-order valence-corrected chi connectivity index (χ0v) is 22.3. The second-order valence-corrected chi connectivity index (χ2v) is 9.84. The number of Topliss-reactive ketones (excluding diaryl/α,β-unsaturated/α-hetero) is 1. The van der Waals surface area contributed by atoms with Gasteiger partial charge in [-0.15, -0.1) is 0 Å². The van der Waals surface area contributed by atoms with Crippen LogP contribution >= 0.6 is 0 Å². The number of nitrogens with zero attached hydrogens (tertiary/aromatic N) is 1. The lowest BCUT2D eigenvalue weighted by Crippen LogP contribution is -2.29. The van der Waals surface area contributed by atoms with Gasteiger partial charge in [-0.25, -0.2) is 0 Å². The standard InChI is InChI=1S/C31H33NO6/c1-19(2)18-37-24-15-11-23(12-16-24)32-28(22-7-6-8-26(17-22)36-5)27(30(34)31(32)35)29(33)21-9-13-25(14-10-21)38-20(3)4/h6-17,19-20,28,33H,18H2,1-5H3/b29-27-. The van der Waals surface area contributed by atoms with Crippen molar-refractivity contribution < 1.29 is 28.9 Å². The minimum atomic E-state index is -0.862. The Bertz CT molecular complexity index is 1330. The molecule has 1 aliphatic heterocycles. The number of aliphatic hydroxyl groups is 1. The third kappa shape index (κ3) is 5.67. The Hall–Kier alpha value is -4.26. The number of anilines is 1. The fraction of sp³-hybridized carbons (Fsp3) is 0.290. The van der Waals surface area contributed by atoms with Gasteiger partial charge >= 0.3 is 0 Å². The highest BCUT2D eigenvalue weighted by Gasteiger charge is 2.47. The van der Waals surface area contributed by atoms with Crippen molar-refractivity contribution >= 4 is 23.1 Å². The smallest absolute Gasteiger partial charge is 0.300 e. The molecule has 3 aromatic carbocycles. The van der Waals surface area contributed by atoms with Crippen molar-refractivity contribution in [3.8, 4) is 17.2 Å². The number of amides is 1. The van der Waals surface area contributed by atoms with Crippen LogP contribution in [0, 0.1) is 5.92 Å². The molecular formula is C31H33NO6. The normalized spacial score (nSPS) is 16.8. The van der Waals surface area contributed by atoms with Gasteiger partial charge in [-0.3, -0.25) is 14.5 Å². The molecule has 1 aliphatic rings. The average molecular weight is 516 g/mol. The van der Waals surface area contributed by atoms with Gasteiger partial charge in [0.25, 0.3) is 11.7 Å². The number of hydrogen-bond acceptors (Lipinski definition) is 6. The van der Waals surface area contributed by atoms with Crippen LogP contribution < -0.4 is 19.1 Å². The van der Waals surface area contributed by atoms with Crippen molar-refractivity contribution in [2.45, 2.75) is 39.8 Å². The van der Waals surface area contributed by atoms with Crippen LogP contribution in [0.3, 0.4) is 0 Å². The Kier molecular flexibility index (Phi) is 8.05. The van der Waals surface area contributed by atoms with Crippen molar-refractivity contribution in [1.29, 1.82) is 0 Å². The SMILES string of the molecule is COc1cccc(C2/C(=C(/O)c3ccc(OC(C)C)cc3)C(=O)C(=O)N2c2ccc(OCC(C)C)cc2)c1. The molecule has 0 saturated carbocycles. The van der Waals surface area contributed by atoms with Crippen LogP contribution in [-0.2, 0) is 9.59 Å². The molecule has 198 valence electrons. The van der Waals surface area contributed by atoms with Gasteiger partial charge in [0.05, 0.1) is 31.4 Å². The number of ether oxygens (including phenoxy) is 3. The van der Waals surface area contributed by atoms with Gasteiger partial charge in [-0.1, -0.05) is 26.0 Å². The minimum absolute atomic E-state index is 0.000848. The van der Waals surface area contributed by atoms with Crippen molar-refractivity contribution in [3.05, 3.63) is 89.5 Å². The Balaban J connectivity index is 1.80. The molecule has 1 saturated heterocycles. The third-order valence-corrected chi connectivity index (χ3v) is 6.05. The van der Waals surface area contributed by atoms with E-state index in [0.29, 0.717) is 46.6 Å². The molecule has 4 rings (SSSR count). The molecule has 1 atom stereocenters. The summed E-state index contributed by atoms with van der Waals surface area (Å²) in [6.07, 6.45) is -0.00464. The molecule has 3 aromatic rings. The second-order valence-electron chi connectivity index (χ2n) is 9.84. The number of aliphatic hydroxyl groups excluding tert-OH is 1. The summed E-state index contributed by atoms with van der Waals surface area (Å²) in [5.41, 5.74) is 1.55. The molecule has 0 spiro atoms. The van der Waals surface area contributed by atoms with Gasteiger partial charge in [-0.05, 0) is 86.0 Å². The Morgan fingerprint density at radius 2 is 1.55 bits per heavy atom. The van der Waals surface area contributed by atoms with Crippen LogP contribution in [0.1, 0.15) is 44.9 Å². The van der Waals surface area contributed by atoms with Gasteiger partial charge in [0.1, 0.15) is 23.0 Å². The van der Waals surface area contributed by atoms with Gasteiger partial charge in [0, 0.05) is 11.3 Å². The van der Waals surface area contributed by atoms with E-state index in [1.807, 2.05) is 13.8 Å². The van der Waals surface area contributed by atoms with E-state index in [-0.39, 0.29) is 17.4 Å². The van der Waals surface area contributed by atoms with E-state index in [1.54, 1.807) is 79.9 Å². The maximum atomic E-state index is 13.4. The van der Waals surface area contributed by atoms with Crippen LogP contribution in [0.4, 0.5) is 5.69 Å². The van der Waals surface area contributed by atoms with Gasteiger partial charge in [0.2, 0.25) is 0 Å². The molecule has 0 radical (unpaired) electrons. The summed E-state index contributed by atoms with van der Waals surface area (Å²) in [5.74, 6) is 0.494. The van der Waals surface area contributed by atoms with Crippen LogP contribution in [-0.4, -0.2) is 36.6 Å². The van der Waals surface area contributed by atoms with Crippen molar-refractivity contribution in [1.82, 2.24) is 0 Å². The third-order valence-electron chi connectivity index (χ3n) is 6.05. The van der Waals surface area contributed by atoms with Gasteiger partial charge in [-0.2, -0.15) is 0 Å². The highest BCUT2D eigenvalue weighted by molar-refractivity contribution is 6.51. The Labute approximate surface area is 223 Å². The lowest BCUT2D eigenvalue weighted by atomic mass is 9.95. The maximum Gasteiger partial charge on any atom is 0.300 e. The number of benzene rings is 3. The van der Waals surface area contributed by atoms with E-state index >= 15 is 0 Å². The number of ketones is 1. The molecule has 1 heterocycles. The zero-order valence-electron chi connectivity index (χ0n) is 22.3. The number of methoxy groups -OCH3 is 1. The summed E-state index contributed by atoms with van der Waals surface area (Å²) in [5, 5.41) is 11.4. The van der Waals surface area contributed by atoms with Crippen molar-refractivity contribution in [2.75, 3.05) is 18.6 Å². The predicted molar refractivity (Wildman–Crippen MR) is 147 cm³/mol. The molecule has 7 nitrogen and oxygen atoms in total. The molecule has 0 aromatic heterocycles. The molecule has 0 bridgehead atoms. The largest absolute Gasteiger partial charge is 0.507 e. The summed E-state index contributed by atoms with van der Waals surface area (Å²) < 4.78 is 16.9. The zero-order chi connectivity index (χ0) is 27.4. The first kappa shape index (κ1) is 26.8. The van der Waals surface area contributed by atoms with E-state index in [0.717, 1.165) is 0 Å². The number of hydrogen-bond donors (Lipinski definition) is 1. The number of carbonyl (C=O) groups is 2. The summed E-state index contributed by atoms with van der Waals surface area (Å²) in [4.78, 5) is 28.2. The minimum Gasteiger partial charge on any atom is -0.507 e. The van der Waals surface area contributed by atoms with E-state index in [1.165, 1.54) is 4.90 Å². The first-order valence-corrected chi connectivity index (χ1v) is 12.6. The average Bonchev–Trinajstić information content (AvgIpc) is 3.17. The Morgan fingerprint density at radius 3 is 2.16 bits per heavy atom. The fourth-order valence-electron chi connectivity index (χ4n) is 4.31. The molecule has 0 aliphatic carbocycles. The fourth-order valence-corrected chi connectivity index (χ4v) is 4.31. The lowest BCUT2D eigenvalue weighted by Gasteiger charge is -2.26. The van der Waals surface area contributed by atoms with E-state index in [4.69, 9.17) is 14.2 Å². The summed E-state index contributed by atoms with van der Waals surface area (Å²) in [7, 11) is 1.55. The van der Waals surface area contributed by atoms with Gasteiger partial charge in [0.15, 0.2) is 0 Å². The Morgan fingerprint density at radius 1 is 0.895 bits per heavy atom. The molecule has 1 unspecified atom stereocenters. The molecule has 38 heavy (non-hydrogen) atoms. The van der Waals surface area contributed by atoms with E-state index < -0.39 is 17.7 Å². The first-order chi connectivity index (χ1) is 18.2. The maximum absolute atomic E-state index is 13.4. The summed E-state index contributed by atoms with van der Waals surface area (Å²) >= 11 is 0. The van der Waals surface area contributed by atoms with Crippen LogP contribution in [0.5, 0.6) is 17.2 Å². The molecule has 1 N–H and O–H groups in total. The quantitative estimate of drug-likeness (QED) is 0.209. The summed E-state index contributed by atoms with van der Waals surface area (Å²) in [6.45, 7) is 8.54. The van der Waals surface area contributed by atoms with Crippen LogP contribution in [0.25, 0.3) is 5.76 Å². The molecule has 7 heteroatoms. The topological polar surface area (TPSA) is 85.3 Å². The van der Waals surface area contributed by atoms with Crippen molar-refractivity contribution in [3.63, 3.8) is 0 Å².